The van der Waals surface area contributed by atoms with Crippen LogP contribution in [0.3, 0.4) is 0 Å². The summed E-state index contributed by atoms with van der Waals surface area (Å²) in [5.41, 5.74) is 0.412. The highest BCUT2D eigenvalue weighted by Gasteiger charge is 2.30. The molecule has 2 aromatic carbocycles. The van der Waals surface area contributed by atoms with E-state index in [2.05, 4.69) is 20.1 Å². The number of hydrogen-bond acceptors (Lipinski definition) is 7. The molecule has 1 N–H and O–H groups in total. The van der Waals surface area contributed by atoms with E-state index in [0.29, 0.717) is 36.1 Å². The largest absolute Gasteiger partial charge is 0.461 e. The van der Waals surface area contributed by atoms with Crippen LogP contribution in [0.1, 0.15) is 24.0 Å². The first-order valence-electron chi connectivity index (χ1n) is 13.7. The molecular formula is C30H32F3N5O3. The number of para-hydroxylation sites is 1. The minimum absolute atomic E-state index is 0.0128. The number of carbonyl (C=O) groups is 1. The predicted molar refractivity (Wildman–Crippen MR) is 149 cm³/mol. The number of fused-ring (bicyclic) bond motifs is 1. The van der Waals surface area contributed by atoms with Gasteiger partial charge in [-0.1, -0.05) is 24.3 Å². The van der Waals surface area contributed by atoms with E-state index in [1.54, 1.807) is 24.5 Å². The average molecular weight is 568 g/mol. The van der Waals surface area contributed by atoms with Crippen molar-refractivity contribution in [3.05, 3.63) is 78.1 Å². The van der Waals surface area contributed by atoms with E-state index < -0.39 is 11.7 Å². The van der Waals surface area contributed by atoms with Crippen molar-refractivity contribution >= 4 is 22.6 Å². The molecule has 5 rings (SSSR count). The second kappa shape index (κ2) is 13.1. The second-order valence-corrected chi connectivity index (χ2v) is 9.88. The van der Waals surface area contributed by atoms with E-state index in [9.17, 15) is 18.0 Å². The Kier molecular flexibility index (Phi) is 9.15. The van der Waals surface area contributed by atoms with Gasteiger partial charge in [-0.25, -0.2) is 9.97 Å². The van der Waals surface area contributed by atoms with Crippen LogP contribution in [0, 0.1) is 0 Å². The lowest BCUT2D eigenvalue weighted by molar-refractivity contribution is -0.137. The predicted octanol–water partition coefficient (Wildman–Crippen LogP) is 5.14. The van der Waals surface area contributed by atoms with Gasteiger partial charge < -0.3 is 19.4 Å². The molecule has 2 aromatic heterocycles. The molecule has 216 valence electrons. The second-order valence-electron chi connectivity index (χ2n) is 9.88. The van der Waals surface area contributed by atoms with Gasteiger partial charge in [0, 0.05) is 51.1 Å². The lowest BCUT2D eigenvalue weighted by Crippen LogP contribution is -2.39. The lowest BCUT2D eigenvalue weighted by Gasteiger charge is -2.29. The van der Waals surface area contributed by atoms with Crippen molar-refractivity contribution in [1.82, 2.24) is 20.2 Å². The van der Waals surface area contributed by atoms with Gasteiger partial charge in [0.05, 0.1) is 30.6 Å². The van der Waals surface area contributed by atoms with Crippen molar-refractivity contribution in [2.24, 2.45) is 0 Å². The summed E-state index contributed by atoms with van der Waals surface area (Å²) >= 11 is 0. The van der Waals surface area contributed by atoms with Gasteiger partial charge in [-0.05, 0) is 48.4 Å². The molecule has 8 nitrogen and oxygen atoms in total. The van der Waals surface area contributed by atoms with Gasteiger partial charge >= 0.3 is 6.18 Å². The van der Waals surface area contributed by atoms with Crippen LogP contribution in [0.5, 0.6) is 0 Å². The van der Waals surface area contributed by atoms with Crippen LogP contribution in [0.15, 0.2) is 71.3 Å². The van der Waals surface area contributed by atoms with Crippen LogP contribution in [0.25, 0.3) is 22.5 Å². The number of carbonyl (C=O) groups excluding carboxylic acids is 1. The first-order valence-corrected chi connectivity index (χ1v) is 13.7. The molecule has 1 aliphatic rings. The fourth-order valence-corrected chi connectivity index (χ4v) is 4.83. The summed E-state index contributed by atoms with van der Waals surface area (Å²) in [5.74, 6) is 1.44. The molecule has 0 saturated carbocycles. The maximum Gasteiger partial charge on any atom is 0.416 e. The Morgan fingerprint density at radius 3 is 2.61 bits per heavy atom. The van der Waals surface area contributed by atoms with E-state index in [4.69, 9.17) is 14.1 Å². The molecule has 0 unspecified atom stereocenters. The molecule has 1 saturated heterocycles. The molecule has 0 radical (unpaired) electrons. The van der Waals surface area contributed by atoms with E-state index in [1.165, 1.54) is 6.07 Å². The number of hydrogen-bond donors (Lipinski definition) is 1. The molecule has 3 heterocycles. The number of ether oxygens (including phenoxy) is 1. The Labute approximate surface area is 236 Å². The molecule has 0 atom stereocenters. The Balaban J connectivity index is 1.32. The normalized spacial score (nSPS) is 14.3. The molecule has 1 fully saturated rings. The van der Waals surface area contributed by atoms with Gasteiger partial charge in [-0.2, -0.15) is 13.2 Å². The van der Waals surface area contributed by atoms with Crippen molar-refractivity contribution in [2.75, 3.05) is 50.8 Å². The maximum absolute atomic E-state index is 13.1. The minimum atomic E-state index is -4.43. The van der Waals surface area contributed by atoms with Gasteiger partial charge in [0.15, 0.2) is 11.6 Å². The summed E-state index contributed by atoms with van der Waals surface area (Å²) in [6, 6.07) is 16.3. The summed E-state index contributed by atoms with van der Waals surface area (Å²) < 4.78 is 50.2. The highest BCUT2D eigenvalue weighted by molar-refractivity contribution is 5.91. The SMILES string of the molecule is O=C(CCN(CCCN1CCOCC1)c1nc(-c2ccco2)nc2ccccc12)NCc1cccc(C(F)(F)F)c1. The van der Waals surface area contributed by atoms with Crippen LogP contribution in [-0.2, 0) is 22.3 Å². The Hall–Kier alpha value is -3.96. The number of anilines is 1. The zero-order valence-corrected chi connectivity index (χ0v) is 22.6. The van der Waals surface area contributed by atoms with Gasteiger partial charge in [0.1, 0.15) is 5.82 Å². The third-order valence-electron chi connectivity index (χ3n) is 6.98. The summed E-state index contributed by atoms with van der Waals surface area (Å²) in [6.07, 6.45) is -1.87. The number of amides is 1. The van der Waals surface area contributed by atoms with Crippen LogP contribution >= 0.6 is 0 Å². The Morgan fingerprint density at radius 1 is 1.00 bits per heavy atom. The zero-order chi connectivity index (χ0) is 28.7. The zero-order valence-electron chi connectivity index (χ0n) is 22.6. The first kappa shape index (κ1) is 28.6. The van der Waals surface area contributed by atoms with E-state index >= 15 is 0 Å². The monoisotopic (exact) mass is 567 g/mol. The van der Waals surface area contributed by atoms with Crippen LogP contribution in [0.4, 0.5) is 19.0 Å². The minimum Gasteiger partial charge on any atom is -0.461 e. The molecule has 4 aromatic rings. The summed E-state index contributed by atoms with van der Waals surface area (Å²) in [4.78, 5) is 26.8. The maximum atomic E-state index is 13.1. The Morgan fingerprint density at radius 2 is 1.83 bits per heavy atom. The quantitative estimate of drug-likeness (QED) is 0.269. The number of nitrogens with zero attached hydrogens (tertiary/aromatic N) is 4. The number of alkyl halides is 3. The number of aromatic nitrogens is 2. The average Bonchev–Trinajstić information content (AvgIpc) is 3.53. The van der Waals surface area contributed by atoms with E-state index in [0.717, 1.165) is 62.3 Å². The standard InChI is InChI=1S/C30H32F3N5O3/c31-30(32,33)23-7-3-6-22(20-23)21-34-27(39)11-14-38(13-5-12-37-15-18-40-19-16-37)29-24-8-1-2-9-25(24)35-28(36-29)26-10-4-17-41-26/h1-4,6-10,17,20H,5,11-16,18-19,21H2,(H,34,39). The molecule has 1 amide bonds. The van der Waals surface area contributed by atoms with Crippen molar-refractivity contribution in [2.45, 2.75) is 25.6 Å². The fraction of sp³-hybridized carbons (Fsp3) is 0.367. The van der Waals surface area contributed by atoms with Gasteiger partial charge in [0.2, 0.25) is 5.91 Å². The number of rotatable bonds is 11. The highest BCUT2D eigenvalue weighted by atomic mass is 19.4. The van der Waals surface area contributed by atoms with Gasteiger partial charge in [-0.15, -0.1) is 0 Å². The topological polar surface area (TPSA) is 83.7 Å². The highest BCUT2D eigenvalue weighted by Crippen LogP contribution is 2.30. The summed E-state index contributed by atoms with van der Waals surface area (Å²) in [6.45, 7) is 5.13. The summed E-state index contributed by atoms with van der Waals surface area (Å²) in [7, 11) is 0. The van der Waals surface area contributed by atoms with Crippen LogP contribution in [-0.4, -0.2) is 66.7 Å². The number of morpholine rings is 1. The number of nitrogens with one attached hydrogen (secondary N) is 1. The van der Waals surface area contributed by atoms with Crippen molar-refractivity contribution in [3.63, 3.8) is 0 Å². The third kappa shape index (κ3) is 7.62. The number of benzene rings is 2. The molecule has 0 aliphatic carbocycles. The number of furan rings is 1. The molecule has 1 aliphatic heterocycles. The molecular weight excluding hydrogens is 535 g/mol. The fourth-order valence-electron chi connectivity index (χ4n) is 4.83. The van der Waals surface area contributed by atoms with E-state index in [-0.39, 0.29) is 18.9 Å². The molecule has 11 heteroatoms. The smallest absolute Gasteiger partial charge is 0.416 e. The van der Waals surface area contributed by atoms with Crippen LogP contribution < -0.4 is 10.2 Å². The lowest BCUT2D eigenvalue weighted by atomic mass is 10.1. The van der Waals surface area contributed by atoms with Gasteiger partial charge in [0.25, 0.3) is 0 Å². The molecule has 0 bridgehead atoms. The third-order valence-corrected chi connectivity index (χ3v) is 6.98. The van der Waals surface area contributed by atoms with Crippen molar-refractivity contribution < 1.29 is 27.1 Å². The van der Waals surface area contributed by atoms with Crippen LogP contribution in [0.2, 0.25) is 0 Å². The summed E-state index contributed by atoms with van der Waals surface area (Å²) in [5, 5.41) is 3.62. The van der Waals surface area contributed by atoms with Crippen molar-refractivity contribution in [1.29, 1.82) is 0 Å². The van der Waals surface area contributed by atoms with Gasteiger partial charge in [-0.3, -0.25) is 9.69 Å². The molecule has 41 heavy (non-hydrogen) atoms. The molecule has 0 spiro atoms. The Bertz CT molecular complexity index is 1440. The number of halogens is 3. The van der Waals surface area contributed by atoms with E-state index in [1.807, 2.05) is 24.3 Å². The first-order chi connectivity index (χ1) is 19.9. The van der Waals surface area contributed by atoms with Crippen molar-refractivity contribution in [3.8, 4) is 11.6 Å².